The topological polar surface area (TPSA) is 67.5 Å². The second-order valence-electron chi connectivity index (χ2n) is 6.43. The van der Waals surface area contributed by atoms with E-state index in [1.807, 2.05) is 45.0 Å². The number of nitriles is 1. The van der Waals surface area contributed by atoms with E-state index in [2.05, 4.69) is 6.07 Å². The van der Waals surface area contributed by atoms with Crippen molar-refractivity contribution in [2.45, 2.75) is 33.0 Å². The Morgan fingerprint density at radius 2 is 1.96 bits per heavy atom. The van der Waals surface area contributed by atoms with Crippen LogP contribution in [0.2, 0.25) is 0 Å². The monoisotopic (exact) mass is 353 g/mol. The summed E-state index contributed by atoms with van der Waals surface area (Å²) in [7, 11) is 0. The summed E-state index contributed by atoms with van der Waals surface area (Å²) in [6.45, 7) is 7.34. The highest BCUT2D eigenvalue weighted by Crippen LogP contribution is 2.27. The average molecular weight is 353 g/mol. The van der Waals surface area contributed by atoms with Gasteiger partial charge >= 0.3 is 0 Å². The van der Waals surface area contributed by atoms with E-state index in [0.29, 0.717) is 36.7 Å². The zero-order chi connectivity index (χ0) is 18.7. The number of amides is 1. The van der Waals surface area contributed by atoms with Gasteiger partial charge in [-0.25, -0.2) is 0 Å². The van der Waals surface area contributed by atoms with Crippen molar-refractivity contribution >= 4 is 5.91 Å². The van der Waals surface area contributed by atoms with Crippen LogP contribution in [-0.4, -0.2) is 47.3 Å². The van der Waals surface area contributed by atoms with Crippen LogP contribution in [0.5, 0.6) is 5.75 Å². The number of carbonyl (C=O) groups excluding carboxylic acids is 1. The lowest BCUT2D eigenvalue weighted by molar-refractivity contribution is -0.0588. The van der Waals surface area contributed by atoms with E-state index < -0.39 is 0 Å². The van der Waals surface area contributed by atoms with Crippen LogP contribution >= 0.6 is 0 Å². The minimum absolute atomic E-state index is 0.0349. The van der Waals surface area contributed by atoms with Crippen molar-refractivity contribution in [2.24, 2.45) is 0 Å². The second kappa shape index (κ2) is 7.63. The Morgan fingerprint density at radius 3 is 2.62 bits per heavy atom. The third-order valence-electron chi connectivity index (χ3n) is 4.34. The molecule has 6 nitrogen and oxygen atoms in total. The Balaban J connectivity index is 2.04. The van der Waals surface area contributed by atoms with Crippen LogP contribution in [0.4, 0.5) is 0 Å². The number of aromatic nitrogens is 1. The number of morpholine rings is 1. The van der Waals surface area contributed by atoms with Crippen molar-refractivity contribution in [1.29, 1.82) is 5.26 Å². The highest BCUT2D eigenvalue weighted by molar-refractivity contribution is 5.96. The summed E-state index contributed by atoms with van der Waals surface area (Å²) < 4.78 is 13.2. The molecular weight excluding hydrogens is 330 g/mol. The summed E-state index contributed by atoms with van der Waals surface area (Å²) in [5.74, 6) is 0.507. The summed E-state index contributed by atoms with van der Waals surface area (Å²) in [6.07, 6.45) is 1.68. The predicted molar refractivity (Wildman–Crippen MR) is 97.6 cm³/mol. The summed E-state index contributed by atoms with van der Waals surface area (Å²) in [6, 6.07) is 11.3. The van der Waals surface area contributed by atoms with Crippen molar-refractivity contribution in [2.75, 3.05) is 19.7 Å². The van der Waals surface area contributed by atoms with Gasteiger partial charge in [-0.2, -0.15) is 5.26 Å². The van der Waals surface area contributed by atoms with Crippen molar-refractivity contribution in [3.05, 3.63) is 47.8 Å². The van der Waals surface area contributed by atoms with Gasteiger partial charge < -0.3 is 18.9 Å². The Bertz CT molecular complexity index is 827. The third kappa shape index (κ3) is 3.44. The molecule has 1 aliphatic rings. The van der Waals surface area contributed by atoms with Crippen LogP contribution < -0.4 is 4.74 Å². The smallest absolute Gasteiger partial charge is 0.272 e. The zero-order valence-electron chi connectivity index (χ0n) is 15.3. The van der Waals surface area contributed by atoms with Gasteiger partial charge in [-0.15, -0.1) is 0 Å². The van der Waals surface area contributed by atoms with Crippen LogP contribution in [0.15, 0.2) is 36.5 Å². The molecule has 0 N–H and O–H groups in total. The van der Waals surface area contributed by atoms with Crippen LogP contribution in [0.3, 0.4) is 0 Å². The largest absolute Gasteiger partial charge is 0.492 e. The number of hydrogen-bond acceptors (Lipinski definition) is 4. The van der Waals surface area contributed by atoms with E-state index in [4.69, 9.17) is 9.47 Å². The van der Waals surface area contributed by atoms with Gasteiger partial charge in [0.2, 0.25) is 0 Å². The number of nitrogens with zero attached hydrogens (tertiary/aromatic N) is 3. The van der Waals surface area contributed by atoms with Gasteiger partial charge in [0.05, 0.1) is 30.1 Å². The molecule has 2 atom stereocenters. The lowest BCUT2D eigenvalue weighted by atomic mass is 10.1. The maximum absolute atomic E-state index is 13.3. The molecule has 1 aromatic carbocycles. The Labute approximate surface area is 153 Å². The van der Waals surface area contributed by atoms with E-state index in [9.17, 15) is 10.1 Å². The maximum Gasteiger partial charge on any atom is 0.272 e. The fraction of sp³-hybridized carbons (Fsp3) is 0.400. The van der Waals surface area contributed by atoms with Gasteiger partial charge in [0.1, 0.15) is 17.5 Å². The first-order chi connectivity index (χ1) is 12.5. The number of benzene rings is 1. The van der Waals surface area contributed by atoms with Crippen LogP contribution in [0.1, 0.15) is 36.8 Å². The van der Waals surface area contributed by atoms with E-state index in [1.165, 1.54) is 0 Å². The molecule has 1 saturated heterocycles. The van der Waals surface area contributed by atoms with Gasteiger partial charge in [-0.1, -0.05) is 12.1 Å². The highest BCUT2D eigenvalue weighted by atomic mass is 16.5. The molecule has 0 saturated carbocycles. The molecule has 6 heteroatoms. The lowest BCUT2D eigenvalue weighted by Crippen LogP contribution is -2.48. The SMILES string of the molecule is CCOc1ccccc1-n1ccc(C#N)c1C(=O)N1CC(C)OC(C)C1. The molecule has 0 radical (unpaired) electrons. The fourth-order valence-corrected chi connectivity index (χ4v) is 3.37. The first kappa shape index (κ1) is 18.0. The number of carbonyl (C=O) groups is 1. The molecule has 2 heterocycles. The highest BCUT2D eigenvalue weighted by Gasteiger charge is 2.30. The fourth-order valence-electron chi connectivity index (χ4n) is 3.37. The number of hydrogen-bond donors (Lipinski definition) is 0. The van der Waals surface area contributed by atoms with E-state index in [-0.39, 0.29) is 18.1 Å². The molecule has 0 spiro atoms. The molecule has 3 rings (SSSR count). The molecule has 0 aliphatic carbocycles. The minimum Gasteiger partial charge on any atom is -0.492 e. The molecule has 1 fully saturated rings. The van der Waals surface area contributed by atoms with E-state index in [1.54, 1.807) is 21.7 Å². The normalized spacial score (nSPS) is 19.8. The molecule has 26 heavy (non-hydrogen) atoms. The van der Waals surface area contributed by atoms with Crippen molar-refractivity contribution in [3.8, 4) is 17.5 Å². The Hall–Kier alpha value is -2.78. The van der Waals surface area contributed by atoms with Gasteiger partial charge in [-0.05, 0) is 39.0 Å². The van der Waals surface area contributed by atoms with Crippen molar-refractivity contribution in [3.63, 3.8) is 0 Å². The summed E-state index contributed by atoms with van der Waals surface area (Å²) in [5, 5.41) is 9.51. The molecule has 1 amide bonds. The van der Waals surface area contributed by atoms with Crippen LogP contribution in [0, 0.1) is 11.3 Å². The van der Waals surface area contributed by atoms with Gasteiger partial charge in [0.25, 0.3) is 5.91 Å². The van der Waals surface area contributed by atoms with Crippen molar-refractivity contribution in [1.82, 2.24) is 9.47 Å². The number of ether oxygens (including phenoxy) is 2. The summed E-state index contributed by atoms with van der Waals surface area (Å²) in [5.41, 5.74) is 1.46. The molecule has 2 aromatic rings. The van der Waals surface area contributed by atoms with Crippen LogP contribution in [0.25, 0.3) is 5.69 Å². The zero-order valence-corrected chi connectivity index (χ0v) is 15.3. The Morgan fingerprint density at radius 1 is 1.27 bits per heavy atom. The summed E-state index contributed by atoms with van der Waals surface area (Å²) in [4.78, 5) is 15.0. The minimum atomic E-state index is -0.167. The molecule has 2 unspecified atom stereocenters. The Kier molecular flexibility index (Phi) is 5.29. The summed E-state index contributed by atoms with van der Waals surface area (Å²) >= 11 is 0. The van der Waals surface area contributed by atoms with Crippen LogP contribution in [-0.2, 0) is 4.74 Å². The predicted octanol–water partition coefficient (Wildman–Crippen LogP) is 3.00. The number of rotatable bonds is 4. The first-order valence-electron chi connectivity index (χ1n) is 8.83. The molecule has 136 valence electrons. The third-order valence-corrected chi connectivity index (χ3v) is 4.34. The van der Waals surface area contributed by atoms with E-state index in [0.717, 1.165) is 5.69 Å². The molecule has 1 aliphatic heterocycles. The van der Waals surface area contributed by atoms with Gasteiger partial charge in [-0.3, -0.25) is 4.79 Å². The average Bonchev–Trinajstić information content (AvgIpc) is 3.05. The second-order valence-corrected chi connectivity index (χ2v) is 6.43. The molecule has 1 aromatic heterocycles. The molecular formula is C20H23N3O3. The quantitative estimate of drug-likeness (QED) is 0.847. The number of para-hydroxylation sites is 2. The van der Waals surface area contributed by atoms with E-state index >= 15 is 0 Å². The maximum atomic E-state index is 13.3. The van der Waals surface area contributed by atoms with Gasteiger partial charge in [0, 0.05) is 19.3 Å². The van der Waals surface area contributed by atoms with Crippen molar-refractivity contribution < 1.29 is 14.3 Å². The van der Waals surface area contributed by atoms with Gasteiger partial charge in [0.15, 0.2) is 0 Å². The standard InChI is InChI=1S/C20H23N3O3/c1-4-25-18-8-6-5-7-17(18)23-10-9-16(11-21)19(23)20(24)22-12-14(2)26-15(3)13-22/h5-10,14-15H,4,12-13H2,1-3H3. The first-order valence-corrected chi connectivity index (χ1v) is 8.83. The molecule has 0 bridgehead atoms. The lowest BCUT2D eigenvalue weighted by Gasteiger charge is -2.35.